The van der Waals surface area contributed by atoms with Gasteiger partial charge in [-0.3, -0.25) is 9.97 Å². The molecule has 0 amide bonds. The zero-order chi connectivity index (χ0) is 30.0. The lowest BCUT2D eigenvalue weighted by atomic mass is 10.1. The average Bonchev–Trinajstić information content (AvgIpc) is 3.79. The number of phenols is 1. The normalized spacial score (nSPS) is 12.2. The highest BCUT2D eigenvalue weighted by Crippen LogP contribution is 2.27. The smallest absolute Gasteiger partial charge is 0.119 e. The summed E-state index contributed by atoms with van der Waals surface area (Å²) in [7, 11) is 1.68. The molecule has 0 radical (unpaired) electrons. The number of methoxy groups -OCH3 is 1. The number of pyridine rings is 2. The second kappa shape index (κ2) is 14.1. The van der Waals surface area contributed by atoms with Gasteiger partial charge in [-0.1, -0.05) is 50.2 Å². The first-order valence-corrected chi connectivity index (χ1v) is 14.4. The van der Waals surface area contributed by atoms with Gasteiger partial charge in [-0.2, -0.15) is 0 Å². The van der Waals surface area contributed by atoms with Crippen LogP contribution in [0.15, 0.2) is 123 Å². The van der Waals surface area contributed by atoms with Crippen LogP contribution in [-0.2, 0) is 0 Å². The number of benzene rings is 2. The minimum Gasteiger partial charge on any atom is -0.508 e. The lowest BCUT2D eigenvalue weighted by Gasteiger charge is -2.16. The summed E-state index contributed by atoms with van der Waals surface area (Å²) in [6.07, 6.45) is 16.9. The van der Waals surface area contributed by atoms with E-state index in [0.717, 1.165) is 52.2 Å². The molecule has 0 aliphatic heterocycles. The summed E-state index contributed by atoms with van der Waals surface area (Å²) in [4.78, 5) is 17.5. The van der Waals surface area contributed by atoms with E-state index in [1.807, 2.05) is 79.9 Å². The molecule has 6 rings (SSSR count). The number of hydrogen-bond acceptors (Lipinski definition) is 6. The number of aromatic nitrogens is 6. The highest BCUT2D eigenvalue weighted by molar-refractivity contribution is 5.65. The van der Waals surface area contributed by atoms with Crippen molar-refractivity contribution in [2.24, 2.45) is 0 Å². The summed E-state index contributed by atoms with van der Waals surface area (Å²) in [5.74, 6) is 1.12. The Hall–Kier alpha value is -5.24. The topological polar surface area (TPSA) is 90.9 Å². The van der Waals surface area contributed by atoms with Crippen LogP contribution < -0.4 is 4.74 Å². The molecule has 8 nitrogen and oxygen atoms in total. The zero-order valence-electron chi connectivity index (χ0n) is 24.7. The van der Waals surface area contributed by atoms with Crippen molar-refractivity contribution in [2.75, 3.05) is 7.11 Å². The molecule has 218 valence electrons. The first kappa shape index (κ1) is 29.3. The van der Waals surface area contributed by atoms with Crippen molar-refractivity contribution >= 4 is 0 Å². The van der Waals surface area contributed by atoms with Crippen molar-refractivity contribution in [2.45, 2.75) is 38.8 Å². The second-order valence-corrected chi connectivity index (χ2v) is 10.1. The van der Waals surface area contributed by atoms with Gasteiger partial charge in [-0.05, 0) is 60.4 Å². The van der Waals surface area contributed by atoms with E-state index in [-0.39, 0.29) is 17.8 Å². The molecule has 8 heteroatoms. The average molecular weight is 573 g/mol. The van der Waals surface area contributed by atoms with E-state index in [1.165, 1.54) is 0 Å². The largest absolute Gasteiger partial charge is 0.508 e. The molecule has 43 heavy (non-hydrogen) atoms. The highest BCUT2D eigenvalue weighted by atomic mass is 16.5. The first-order valence-electron chi connectivity index (χ1n) is 14.4. The minimum absolute atomic E-state index is 0.200. The molecule has 0 saturated carbocycles. The van der Waals surface area contributed by atoms with E-state index in [4.69, 9.17) is 4.74 Å². The van der Waals surface area contributed by atoms with Gasteiger partial charge in [-0.25, -0.2) is 9.97 Å². The number of hydrogen-bond donors (Lipinski definition) is 1. The number of ether oxygens (including phenoxy) is 1. The fourth-order valence-corrected chi connectivity index (χ4v) is 5.09. The van der Waals surface area contributed by atoms with Gasteiger partial charge in [-0.15, -0.1) is 0 Å². The number of nitrogens with zero attached hydrogens (tertiary/aromatic N) is 6. The van der Waals surface area contributed by atoms with E-state index < -0.39 is 0 Å². The van der Waals surface area contributed by atoms with E-state index in [0.29, 0.717) is 0 Å². The Kier molecular flexibility index (Phi) is 9.59. The predicted octanol–water partition coefficient (Wildman–Crippen LogP) is 7.60. The van der Waals surface area contributed by atoms with Crippen molar-refractivity contribution < 1.29 is 9.84 Å². The quantitative estimate of drug-likeness (QED) is 0.192. The third-order valence-corrected chi connectivity index (χ3v) is 7.38. The molecule has 2 atom stereocenters. The molecular formula is C35H36N6O2. The molecule has 2 aromatic carbocycles. The van der Waals surface area contributed by atoms with Gasteiger partial charge in [0.25, 0.3) is 0 Å². The Bertz CT molecular complexity index is 1680. The molecule has 4 heterocycles. The number of phenolic OH excluding ortho intramolecular Hbond substituents is 1. The van der Waals surface area contributed by atoms with E-state index in [1.54, 1.807) is 31.6 Å². The van der Waals surface area contributed by atoms with Gasteiger partial charge in [0.2, 0.25) is 0 Å². The van der Waals surface area contributed by atoms with Crippen LogP contribution in [-0.4, -0.2) is 41.3 Å². The summed E-state index contributed by atoms with van der Waals surface area (Å²) in [6.45, 7) is 4.29. The Labute approximate surface area is 252 Å². The maximum atomic E-state index is 9.55. The minimum atomic E-state index is 0.200. The molecule has 0 spiro atoms. The molecule has 0 aliphatic rings. The van der Waals surface area contributed by atoms with Crippen LogP contribution in [0.25, 0.3) is 22.3 Å². The molecule has 0 aliphatic carbocycles. The number of aromatic hydroxyl groups is 1. The van der Waals surface area contributed by atoms with Crippen LogP contribution >= 0.6 is 0 Å². The molecule has 0 fully saturated rings. The summed E-state index contributed by atoms with van der Waals surface area (Å²) >= 11 is 0. The van der Waals surface area contributed by atoms with Gasteiger partial charge in [0, 0.05) is 48.3 Å². The molecule has 0 saturated heterocycles. The predicted molar refractivity (Wildman–Crippen MR) is 169 cm³/mol. The van der Waals surface area contributed by atoms with Crippen molar-refractivity contribution in [1.29, 1.82) is 0 Å². The molecule has 2 unspecified atom stereocenters. The summed E-state index contributed by atoms with van der Waals surface area (Å²) in [5, 5.41) is 9.55. The number of rotatable bonds is 9. The first-order chi connectivity index (χ1) is 21.1. The SMILES string of the molecule is CCC(c1ccc(-c2cccc(O)c2)cn1)n1ccnc1.CCC(c1ccc(-c2cccc(OC)c2)cn1)n1ccnc1. The fourth-order valence-electron chi connectivity index (χ4n) is 5.09. The Balaban J connectivity index is 0.000000171. The Morgan fingerprint density at radius 3 is 1.63 bits per heavy atom. The van der Waals surface area contributed by atoms with Crippen molar-refractivity contribution in [3.63, 3.8) is 0 Å². The van der Waals surface area contributed by atoms with Crippen LogP contribution in [0.3, 0.4) is 0 Å². The standard InChI is InChI=1S/C18H19N3O.C17H17N3O/c1-3-18(21-10-9-19-13-21)17-8-7-15(12-20-17)14-5-4-6-16(11-14)22-2;1-2-17(20-9-8-18-12-20)16-7-6-14(11-19-16)13-4-3-5-15(21)10-13/h4-13,18H,3H2,1-2H3;3-12,17,21H,2H2,1H3. The summed E-state index contributed by atoms with van der Waals surface area (Å²) in [5.41, 5.74) is 6.21. The summed E-state index contributed by atoms with van der Waals surface area (Å²) in [6, 6.07) is 23.9. The molecule has 4 aromatic heterocycles. The third kappa shape index (κ3) is 7.16. The fraction of sp³-hybridized carbons (Fsp3) is 0.200. The maximum absolute atomic E-state index is 9.55. The van der Waals surface area contributed by atoms with Crippen LogP contribution in [0.1, 0.15) is 50.2 Å². The third-order valence-electron chi connectivity index (χ3n) is 7.38. The van der Waals surface area contributed by atoms with Gasteiger partial charge < -0.3 is 19.0 Å². The van der Waals surface area contributed by atoms with E-state index in [9.17, 15) is 5.11 Å². The Morgan fingerprint density at radius 2 is 1.21 bits per heavy atom. The number of imidazole rings is 2. The van der Waals surface area contributed by atoms with Crippen LogP contribution in [0, 0.1) is 0 Å². The summed E-state index contributed by atoms with van der Waals surface area (Å²) < 4.78 is 9.43. The van der Waals surface area contributed by atoms with Gasteiger partial charge in [0.1, 0.15) is 11.5 Å². The highest BCUT2D eigenvalue weighted by Gasteiger charge is 2.13. The van der Waals surface area contributed by atoms with Crippen molar-refractivity contribution in [3.05, 3.63) is 134 Å². The molecule has 0 bridgehead atoms. The molecule has 6 aromatic rings. The van der Waals surface area contributed by atoms with E-state index in [2.05, 4.69) is 61.1 Å². The Morgan fingerprint density at radius 1 is 0.674 bits per heavy atom. The van der Waals surface area contributed by atoms with Crippen molar-refractivity contribution in [1.82, 2.24) is 29.1 Å². The van der Waals surface area contributed by atoms with E-state index >= 15 is 0 Å². The lowest BCUT2D eigenvalue weighted by Crippen LogP contribution is -2.09. The van der Waals surface area contributed by atoms with Gasteiger partial charge in [0.05, 0.1) is 43.2 Å². The lowest BCUT2D eigenvalue weighted by molar-refractivity contribution is 0.415. The maximum Gasteiger partial charge on any atom is 0.119 e. The van der Waals surface area contributed by atoms with Crippen LogP contribution in [0.5, 0.6) is 11.5 Å². The second-order valence-electron chi connectivity index (χ2n) is 10.1. The van der Waals surface area contributed by atoms with Gasteiger partial charge in [0.15, 0.2) is 0 Å². The van der Waals surface area contributed by atoms with Crippen LogP contribution in [0.2, 0.25) is 0 Å². The molecule has 1 N–H and O–H groups in total. The van der Waals surface area contributed by atoms with Crippen LogP contribution in [0.4, 0.5) is 0 Å². The zero-order valence-corrected chi connectivity index (χ0v) is 24.7. The monoisotopic (exact) mass is 572 g/mol. The molecular weight excluding hydrogens is 536 g/mol. The van der Waals surface area contributed by atoms with Gasteiger partial charge >= 0.3 is 0 Å². The van der Waals surface area contributed by atoms with Crippen molar-refractivity contribution in [3.8, 4) is 33.8 Å².